The summed E-state index contributed by atoms with van der Waals surface area (Å²) in [6.45, 7) is 3.95. The van der Waals surface area contributed by atoms with Gasteiger partial charge in [0.1, 0.15) is 6.10 Å². The molecule has 0 fully saturated rings. The van der Waals surface area contributed by atoms with Crippen molar-refractivity contribution in [1.29, 1.82) is 0 Å². The fraction of sp³-hybridized carbons (Fsp3) is 0.429. The van der Waals surface area contributed by atoms with Crippen molar-refractivity contribution in [2.75, 3.05) is 0 Å². The van der Waals surface area contributed by atoms with E-state index >= 15 is 0 Å². The van der Waals surface area contributed by atoms with Gasteiger partial charge in [0.25, 0.3) is 0 Å². The first-order chi connectivity index (χ1) is 8.99. The molecule has 1 atom stereocenters. The van der Waals surface area contributed by atoms with Crippen molar-refractivity contribution in [2.24, 2.45) is 0 Å². The van der Waals surface area contributed by atoms with Crippen LogP contribution in [0, 0.1) is 0 Å². The van der Waals surface area contributed by atoms with Crippen LogP contribution >= 0.6 is 15.9 Å². The molecule has 1 aromatic rings. The monoisotopic (exact) mass is 328 g/mol. The molecule has 0 aliphatic carbocycles. The molecule has 0 heterocycles. The molecule has 0 spiro atoms. The highest BCUT2D eigenvalue weighted by molar-refractivity contribution is 9.10. The molecule has 0 aromatic heterocycles. The van der Waals surface area contributed by atoms with E-state index in [-0.39, 0.29) is 17.2 Å². The summed E-state index contributed by atoms with van der Waals surface area (Å²) < 4.78 is 5.95. The van der Waals surface area contributed by atoms with Crippen molar-refractivity contribution in [3.8, 4) is 0 Å². The molecule has 1 N–H and O–H groups in total. The molecule has 0 radical (unpaired) electrons. The van der Waals surface area contributed by atoms with E-state index in [1.54, 1.807) is 6.07 Å². The van der Waals surface area contributed by atoms with Crippen molar-refractivity contribution in [2.45, 2.75) is 39.2 Å². The number of hydrogen-bond acceptors (Lipinski definition) is 3. The first kappa shape index (κ1) is 15.7. The Bertz CT molecular complexity index is 471. The van der Waals surface area contributed by atoms with Gasteiger partial charge in [-0.1, -0.05) is 36.2 Å². The van der Waals surface area contributed by atoms with Crippen molar-refractivity contribution in [1.82, 2.24) is 0 Å². The average Bonchev–Trinajstić information content (AvgIpc) is 2.37. The highest BCUT2D eigenvalue weighted by Crippen LogP contribution is 2.19. The van der Waals surface area contributed by atoms with Gasteiger partial charge in [-0.15, -0.1) is 0 Å². The van der Waals surface area contributed by atoms with Crippen LogP contribution in [0.5, 0.6) is 0 Å². The van der Waals surface area contributed by atoms with E-state index in [4.69, 9.17) is 9.84 Å². The van der Waals surface area contributed by atoms with Crippen LogP contribution in [0.15, 0.2) is 22.7 Å². The van der Waals surface area contributed by atoms with Crippen LogP contribution in [0.3, 0.4) is 0 Å². The van der Waals surface area contributed by atoms with Gasteiger partial charge in [0.05, 0.1) is 11.1 Å². The Morgan fingerprint density at radius 2 is 2.00 bits per heavy atom. The van der Waals surface area contributed by atoms with Crippen molar-refractivity contribution < 1.29 is 19.4 Å². The second kappa shape index (κ2) is 7.28. The molecular weight excluding hydrogens is 312 g/mol. The average molecular weight is 329 g/mol. The molecule has 4 nitrogen and oxygen atoms in total. The van der Waals surface area contributed by atoms with Crippen LogP contribution in [0.4, 0.5) is 0 Å². The lowest BCUT2D eigenvalue weighted by Gasteiger charge is -2.16. The Labute approximate surface area is 120 Å². The number of halogens is 1. The fourth-order valence-electron chi connectivity index (χ4n) is 1.75. The van der Waals surface area contributed by atoms with E-state index in [0.717, 1.165) is 19.3 Å². The predicted molar refractivity (Wildman–Crippen MR) is 75.5 cm³/mol. The number of aromatic carboxylic acids is 1. The molecule has 0 saturated carbocycles. The first-order valence-electron chi connectivity index (χ1n) is 6.23. The van der Waals surface area contributed by atoms with E-state index < -0.39 is 11.9 Å². The summed E-state index contributed by atoms with van der Waals surface area (Å²) >= 11 is 3.19. The summed E-state index contributed by atoms with van der Waals surface area (Å²) in [5.41, 5.74) is 0.0379. The van der Waals surface area contributed by atoms with Gasteiger partial charge in [0.15, 0.2) is 0 Å². The van der Waals surface area contributed by atoms with Crippen LogP contribution in [-0.2, 0) is 4.74 Å². The minimum absolute atomic E-state index is 0.0503. The van der Waals surface area contributed by atoms with Crippen LogP contribution in [0.1, 0.15) is 53.8 Å². The number of hydrogen-bond donors (Lipinski definition) is 1. The lowest BCUT2D eigenvalue weighted by atomic mass is 10.1. The van der Waals surface area contributed by atoms with Crippen LogP contribution in [0.2, 0.25) is 0 Å². The third kappa shape index (κ3) is 4.35. The highest BCUT2D eigenvalue weighted by atomic mass is 79.9. The second-order valence-electron chi connectivity index (χ2n) is 4.22. The smallest absolute Gasteiger partial charge is 0.339 e. The van der Waals surface area contributed by atoms with Crippen molar-refractivity contribution >= 4 is 27.9 Å². The number of rotatable bonds is 6. The number of carbonyl (C=O) groups excluding carboxylic acids is 1. The van der Waals surface area contributed by atoms with Gasteiger partial charge in [-0.3, -0.25) is 0 Å². The zero-order valence-electron chi connectivity index (χ0n) is 11.0. The van der Waals surface area contributed by atoms with E-state index in [9.17, 15) is 9.59 Å². The van der Waals surface area contributed by atoms with Crippen molar-refractivity contribution in [3.63, 3.8) is 0 Å². The molecule has 0 amide bonds. The largest absolute Gasteiger partial charge is 0.478 e. The van der Waals surface area contributed by atoms with E-state index in [1.807, 2.05) is 13.8 Å². The standard InChI is InChI=1S/C14H17BrO4/c1-3-5-10(4-2)19-14(18)11-7-6-9(15)8-12(11)13(16)17/h6-8,10H,3-5H2,1-2H3,(H,16,17). The molecule has 1 rings (SSSR count). The Hall–Kier alpha value is -1.36. The van der Waals surface area contributed by atoms with Gasteiger partial charge in [0.2, 0.25) is 0 Å². The minimum Gasteiger partial charge on any atom is -0.478 e. The summed E-state index contributed by atoms with van der Waals surface area (Å²) in [6, 6.07) is 4.50. The number of carbonyl (C=O) groups is 2. The lowest BCUT2D eigenvalue weighted by molar-refractivity contribution is 0.0266. The van der Waals surface area contributed by atoms with Gasteiger partial charge < -0.3 is 9.84 Å². The quantitative estimate of drug-likeness (QED) is 0.805. The Morgan fingerprint density at radius 1 is 1.32 bits per heavy atom. The number of carboxylic acids is 1. The van der Waals surface area contributed by atoms with Gasteiger partial charge in [-0.05, 0) is 31.0 Å². The Balaban J connectivity index is 2.96. The first-order valence-corrected chi connectivity index (χ1v) is 7.02. The molecule has 104 valence electrons. The third-order valence-electron chi connectivity index (χ3n) is 2.77. The zero-order chi connectivity index (χ0) is 14.4. The molecule has 0 aliphatic heterocycles. The summed E-state index contributed by atoms with van der Waals surface area (Å²) in [5, 5.41) is 9.11. The van der Waals surface area contributed by atoms with Gasteiger partial charge in [-0.2, -0.15) is 0 Å². The van der Waals surface area contributed by atoms with E-state index in [2.05, 4.69) is 15.9 Å². The molecule has 1 unspecified atom stereocenters. The fourth-order valence-corrected chi connectivity index (χ4v) is 2.12. The van der Waals surface area contributed by atoms with Gasteiger partial charge >= 0.3 is 11.9 Å². The predicted octanol–water partition coefficient (Wildman–Crippen LogP) is 3.88. The number of benzene rings is 1. The SMILES string of the molecule is CCCC(CC)OC(=O)c1ccc(Br)cc1C(=O)O. The molecule has 5 heteroatoms. The minimum atomic E-state index is -1.14. The van der Waals surface area contributed by atoms with Gasteiger partial charge in [0, 0.05) is 4.47 Å². The summed E-state index contributed by atoms with van der Waals surface area (Å²) in [6.07, 6.45) is 2.25. The Kier molecular flexibility index (Phi) is 6.02. The Morgan fingerprint density at radius 3 is 2.53 bits per heavy atom. The molecule has 0 aliphatic rings. The topological polar surface area (TPSA) is 63.6 Å². The highest BCUT2D eigenvalue weighted by Gasteiger charge is 2.20. The summed E-state index contributed by atoms with van der Waals surface area (Å²) in [7, 11) is 0. The molecule has 0 saturated heterocycles. The molecular formula is C14H17BrO4. The van der Waals surface area contributed by atoms with Crippen LogP contribution in [-0.4, -0.2) is 23.1 Å². The molecule has 19 heavy (non-hydrogen) atoms. The van der Waals surface area contributed by atoms with Crippen molar-refractivity contribution in [3.05, 3.63) is 33.8 Å². The zero-order valence-corrected chi connectivity index (χ0v) is 12.6. The third-order valence-corrected chi connectivity index (χ3v) is 3.26. The molecule has 0 bridgehead atoms. The normalized spacial score (nSPS) is 11.9. The summed E-state index contributed by atoms with van der Waals surface area (Å²) in [4.78, 5) is 23.2. The number of carboxylic acid groups (broad SMARTS) is 1. The number of esters is 1. The second-order valence-corrected chi connectivity index (χ2v) is 5.13. The van der Waals surface area contributed by atoms with E-state index in [1.165, 1.54) is 12.1 Å². The number of ether oxygens (including phenoxy) is 1. The maximum atomic E-state index is 12.0. The van der Waals surface area contributed by atoms with Crippen LogP contribution in [0.25, 0.3) is 0 Å². The maximum absolute atomic E-state index is 12.0. The van der Waals surface area contributed by atoms with E-state index in [0.29, 0.717) is 4.47 Å². The lowest BCUT2D eigenvalue weighted by Crippen LogP contribution is -2.19. The maximum Gasteiger partial charge on any atom is 0.339 e. The van der Waals surface area contributed by atoms with Crippen LogP contribution < -0.4 is 0 Å². The molecule has 1 aromatic carbocycles. The summed E-state index contributed by atoms with van der Waals surface area (Å²) in [5.74, 6) is -1.72. The van der Waals surface area contributed by atoms with Gasteiger partial charge in [-0.25, -0.2) is 9.59 Å².